The van der Waals surface area contributed by atoms with Gasteiger partial charge in [-0.05, 0) is 31.5 Å². The molecule has 0 spiro atoms. The number of benzene rings is 2. The predicted molar refractivity (Wildman–Crippen MR) is 115 cm³/mol. The summed E-state index contributed by atoms with van der Waals surface area (Å²) in [5.74, 6) is 0.772. The third-order valence-corrected chi connectivity index (χ3v) is 4.94. The van der Waals surface area contributed by atoms with Crippen LogP contribution in [-0.4, -0.2) is 52.4 Å². The average molecular weight is 407 g/mol. The summed E-state index contributed by atoms with van der Waals surface area (Å²) in [4.78, 5) is 26.0. The summed E-state index contributed by atoms with van der Waals surface area (Å²) in [5.41, 5.74) is 1.96. The lowest BCUT2D eigenvalue weighted by Gasteiger charge is -2.13. The minimum atomic E-state index is -0.630. The van der Waals surface area contributed by atoms with Gasteiger partial charge in [-0.2, -0.15) is 5.10 Å². The van der Waals surface area contributed by atoms with Crippen LogP contribution in [0.4, 0.5) is 10.6 Å². The first-order chi connectivity index (χ1) is 14.4. The van der Waals surface area contributed by atoms with Gasteiger partial charge in [-0.1, -0.05) is 36.4 Å². The van der Waals surface area contributed by atoms with Gasteiger partial charge in [0.25, 0.3) is 0 Å². The van der Waals surface area contributed by atoms with Crippen molar-refractivity contribution in [2.45, 2.75) is 32.5 Å². The van der Waals surface area contributed by atoms with Crippen molar-refractivity contribution < 1.29 is 14.3 Å². The van der Waals surface area contributed by atoms with E-state index in [1.165, 1.54) is 4.90 Å². The Balaban J connectivity index is 1.71. The Hall–Kier alpha value is -3.55. The molecule has 8 heteroatoms. The molecule has 2 heterocycles. The van der Waals surface area contributed by atoms with E-state index in [0.29, 0.717) is 24.7 Å². The third kappa shape index (κ3) is 3.94. The first kappa shape index (κ1) is 19.8. The number of nitrogens with one attached hydrogen (secondary N) is 2. The number of anilines is 1. The molecule has 0 radical (unpaired) electrons. The smallest absolute Gasteiger partial charge is 0.317 e. The Morgan fingerprint density at radius 2 is 2.00 bits per heavy atom. The Bertz CT molecular complexity index is 1080. The molecule has 8 nitrogen and oxygen atoms in total. The molecule has 1 atom stereocenters. The highest BCUT2D eigenvalue weighted by atomic mass is 16.5. The molecule has 0 saturated carbocycles. The Kier molecular flexibility index (Phi) is 5.31. The summed E-state index contributed by atoms with van der Waals surface area (Å²) < 4.78 is 7.84. The number of urea groups is 1. The molecule has 1 fully saturated rings. The first-order valence-corrected chi connectivity index (χ1v) is 9.95. The number of carbonyl (C=O) groups is 2. The average Bonchev–Trinajstić information content (AvgIpc) is 3.23. The van der Waals surface area contributed by atoms with Crippen LogP contribution in [0.5, 0.6) is 5.75 Å². The number of carbonyl (C=O) groups excluding carboxylic acids is 2. The summed E-state index contributed by atoms with van der Waals surface area (Å²) in [6, 6.07) is 14.9. The van der Waals surface area contributed by atoms with Crippen LogP contribution in [0, 0.1) is 0 Å². The molecule has 0 unspecified atom stereocenters. The maximum atomic E-state index is 12.8. The van der Waals surface area contributed by atoms with Crippen molar-refractivity contribution in [1.29, 1.82) is 0 Å². The summed E-state index contributed by atoms with van der Waals surface area (Å²) in [6.07, 6.45) is -0.0283. The number of fused-ring (bicyclic) bond motifs is 1. The second kappa shape index (κ2) is 8.06. The molecule has 0 aliphatic carbocycles. The molecule has 3 aromatic rings. The fraction of sp³-hybridized carbons (Fsp3) is 0.318. The lowest BCUT2D eigenvalue weighted by molar-refractivity contribution is -0.117. The number of aromatic nitrogens is 2. The number of ether oxygens (including phenoxy) is 1. The summed E-state index contributed by atoms with van der Waals surface area (Å²) >= 11 is 0. The van der Waals surface area contributed by atoms with E-state index in [4.69, 9.17) is 4.74 Å². The molecule has 0 bridgehead atoms. The zero-order valence-electron chi connectivity index (χ0n) is 17.3. The molecule has 4 rings (SSSR count). The zero-order chi connectivity index (χ0) is 21.3. The quantitative estimate of drug-likeness (QED) is 0.658. The molecule has 3 amide bonds. The van der Waals surface area contributed by atoms with Crippen molar-refractivity contribution in [3.8, 4) is 5.75 Å². The molecule has 30 heavy (non-hydrogen) atoms. The molecular weight excluding hydrogens is 382 g/mol. The van der Waals surface area contributed by atoms with E-state index in [2.05, 4.69) is 15.7 Å². The number of rotatable bonds is 6. The van der Waals surface area contributed by atoms with Crippen molar-refractivity contribution in [2.24, 2.45) is 0 Å². The van der Waals surface area contributed by atoms with Crippen LogP contribution in [0.3, 0.4) is 0 Å². The second-order valence-corrected chi connectivity index (χ2v) is 7.68. The molecule has 1 aromatic heterocycles. The first-order valence-electron chi connectivity index (χ1n) is 9.95. The SMILES string of the molecule is CC(C)Oc1cccc2c1c(NC(=O)[C@H]1CN(C)C(=O)N1)nn2Cc1ccccc1. The highest BCUT2D eigenvalue weighted by Crippen LogP contribution is 2.33. The highest BCUT2D eigenvalue weighted by molar-refractivity contribution is 6.05. The number of hydrogen-bond acceptors (Lipinski definition) is 4. The fourth-order valence-electron chi connectivity index (χ4n) is 3.53. The van der Waals surface area contributed by atoms with Gasteiger partial charge < -0.3 is 20.3 Å². The van der Waals surface area contributed by atoms with Gasteiger partial charge in [0.2, 0.25) is 5.91 Å². The van der Waals surface area contributed by atoms with Gasteiger partial charge in [-0.3, -0.25) is 9.48 Å². The van der Waals surface area contributed by atoms with Crippen LogP contribution < -0.4 is 15.4 Å². The molecule has 1 saturated heterocycles. The van der Waals surface area contributed by atoms with Gasteiger partial charge in [0.15, 0.2) is 5.82 Å². The summed E-state index contributed by atoms with van der Waals surface area (Å²) in [7, 11) is 1.65. The molecule has 1 aliphatic rings. The topological polar surface area (TPSA) is 88.5 Å². The minimum Gasteiger partial charge on any atom is -0.490 e. The highest BCUT2D eigenvalue weighted by Gasteiger charge is 2.32. The maximum Gasteiger partial charge on any atom is 0.317 e. The van der Waals surface area contributed by atoms with E-state index in [0.717, 1.165) is 16.5 Å². The molecular formula is C22H25N5O3. The molecule has 2 aromatic carbocycles. The largest absolute Gasteiger partial charge is 0.490 e. The standard InChI is InChI=1S/C22H25N5O3/c1-14(2)30-18-11-7-10-17-19(18)20(24-21(28)16-13-26(3)22(29)23-16)25-27(17)12-15-8-5-4-6-9-15/h4-11,14,16H,12-13H2,1-3H3,(H,23,29)(H,24,25,28)/t16-/m1/s1. The second-order valence-electron chi connectivity index (χ2n) is 7.68. The fourth-order valence-corrected chi connectivity index (χ4v) is 3.53. The van der Waals surface area contributed by atoms with Crippen molar-refractivity contribution >= 4 is 28.7 Å². The monoisotopic (exact) mass is 407 g/mol. The van der Waals surface area contributed by atoms with Gasteiger partial charge in [-0.25, -0.2) is 4.79 Å². The molecule has 2 N–H and O–H groups in total. The van der Waals surface area contributed by atoms with E-state index in [9.17, 15) is 9.59 Å². The van der Waals surface area contributed by atoms with Crippen LogP contribution in [0.2, 0.25) is 0 Å². The Morgan fingerprint density at radius 3 is 2.67 bits per heavy atom. The van der Waals surface area contributed by atoms with Crippen molar-refractivity contribution in [3.05, 3.63) is 54.1 Å². The number of amides is 3. The van der Waals surface area contributed by atoms with Gasteiger partial charge >= 0.3 is 6.03 Å². The summed E-state index contributed by atoms with van der Waals surface area (Å²) in [6.45, 7) is 4.77. The van der Waals surface area contributed by atoms with Crippen LogP contribution >= 0.6 is 0 Å². The Labute approximate surface area is 174 Å². The Morgan fingerprint density at radius 1 is 1.23 bits per heavy atom. The minimum absolute atomic E-state index is 0.0283. The van der Waals surface area contributed by atoms with Gasteiger partial charge in [0, 0.05) is 7.05 Å². The maximum absolute atomic E-state index is 12.8. The van der Waals surface area contributed by atoms with Gasteiger partial charge in [-0.15, -0.1) is 0 Å². The lowest BCUT2D eigenvalue weighted by Crippen LogP contribution is -2.38. The zero-order valence-corrected chi connectivity index (χ0v) is 17.3. The normalized spacial score (nSPS) is 16.2. The predicted octanol–water partition coefficient (Wildman–Crippen LogP) is 2.83. The third-order valence-electron chi connectivity index (χ3n) is 4.94. The lowest BCUT2D eigenvalue weighted by atomic mass is 10.2. The van der Waals surface area contributed by atoms with Crippen molar-refractivity contribution in [1.82, 2.24) is 20.0 Å². The number of hydrogen-bond donors (Lipinski definition) is 2. The van der Waals surface area contributed by atoms with Crippen LogP contribution in [-0.2, 0) is 11.3 Å². The van der Waals surface area contributed by atoms with Gasteiger partial charge in [0.05, 0.1) is 30.1 Å². The number of likely N-dealkylation sites (N-methyl/N-ethyl adjacent to an activating group) is 1. The van der Waals surface area contributed by atoms with E-state index < -0.39 is 6.04 Å². The number of nitrogens with zero attached hydrogens (tertiary/aromatic N) is 3. The van der Waals surface area contributed by atoms with Crippen molar-refractivity contribution in [3.63, 3.8) is 0 Å². The van der Waals surface area contributed by atoms with E-state index in [-0.39, 0.29) is 18.0 Å². The summed E-state index contributed by atoms with van der Waals surface area (Å²) in [5, 5.41) is 11.0. The van der Waals surface area contributed by atoms with E-state index >= 15 is 0 Å². The molecule has 156 valence electrons. The van der Waals surface area contributed by atoms with E-state index in [1.54, 1.807) is 7.05 Å². The van der Waals surface area contributed by atoms with Crippen LogP contribution in [0.25, 0.3) is 10.9 Å². The van der Waals surface area contributed by atoms with Crippen molar-refractivity contribution in [2.75, 3.05) is 18.9 Å². The van der Waals surface area contributed by atoms with Crippen LogP contribution in [0.1, 0.15) is 19.4 Å². The van der Waals surface area contributed by atoms with Gasteiger partial charge in [0.1, 0.15) is 11.8 Å². The van der Waals surface area contributed by atoms with Crippen LogP contribution in [0.15, 0.2) is 48.5 Å². The van der Waals surface area contributed by atoms with E-state index in [1.807, 2.05) is 67.1 Å². The molecule has 1 aliphatic heterocycles.